The van der Waals surface area contributed by atoms with Crippen molar-refractivity contribution in [3.8, 4) is 0 Å². The zero-order valence-corrected chi connectivity index (χ0v) is 13.7. The molecule has 20 heavy (non-hydrogen) atoms. The van der Waals surface area contributed by atoms with E-state index in [0.717, 1.165) is 56.8 Å². The van der Waals surface area contributed by atoms with E-state index in [1.165, 1.54) is 11.8 Å². The summed E-state index contributed by atoms with van der Waals surface area (Å²) in [7, 11) is 6.71. The van der Waals surface area contributed by atoms with Gasteiger partial charge in [0.25, 0.3) is 0 Å². The minimum absolute atomic E-state index is 0.529. The molecule has 0 spiro atoms. The van der Waals surface area contributed by atoms with Crippen LogP contribution in [0.4, 0.5) is 5.95 Å². The van der Waals surface area contributed by atoms with Crippen LogP contribution < -0.4 is 5.32 Å². The number of ether oxygens (including phenoxy) is 1. The second-order valence-electron chi connectivity index (χ2n) is 4.24. The van der Waals surface area contributed by atoms with Gasteiger partial charge in [0, 0.05) is 30.6 Å². The van der Waals surface area contributed by atoms with Gasteiger partial charge in [-0.25, -0.2) is 0 Å². The second-order valence-corrected chi connectivity index (χ2v) is 6.00. The molecule has 0 aliphatic carbocycles. The van der Waals surface area contributed by atoms with Crippen molar-refractivity contribution in [2.24, 2.45) is 0 Å². The van der Waals surface area contributed by atoms with Crippen LogP contribution in [0.3, 0.4) is 0 Å². The first-order valence-electron chi connectivity index (χ1n) is 6.44. The number of thioether (sulfide) groups is 1. The lowest BCUT2D eigenvalue weighted by Gasteiger charge is -2.26. The van der Waals surface area contributed by atoms with Gasteiger partial charge in [0.15, 0.2) is 5.16 Å². The molecule has 1 aliphatic rings. The summed E-state index contributed by atoms with van der Waals surface area (Å²) in [5.41, 5.74) is 0. The summed E-state index contributed by atoms with van der Waals surface area (Å²) < 4.78 is 5.33. The summed E-state index contributed by atoms with van der Waals surface area (Å²) in [4.78, 5) is 15.1. The lowest BCUT2D eigenvalue weighted by Crippen LogP contribution is -2.37. The average molecular weight is 336 g/mol. The smallest absolute Gasteiger partial charge is 0.227 e. The van der Waals surface area contributed by atoms with Crippen molar-refractivity contribution in [3.05, 3.63) is 0 Å². The molecule has 1 aromatic heterocycles. The number of rotatable bonds is 7. The Hall–Kier alpha value is -0.280. The van der Waals surface area contributed by atoms with E-state index in [4.69, 9.17) is 15.4 Å². The molecule has 0 amide bonds. The number of aromatic nitrogens is 3. The zero-order valence-electron chi connectivity index (χ0n) is 11.3. The topological polar surface area (TPSA) is 63.2 Å². The first-order chi connectivity index (χ1) is 9.81. The van der Waals surface area contributed by atoms with Gasteiger partial charge in [0.1, 0.15) is 0 Å². The highest BCUT2D eigenvalue weighted by Gasteiger charge is 2.10. The molecule has 2 rings (SSSR count). The van der Waals surface area contributed by atoms with Crippen LogP contribution in [-0.4, -0.2) is 65.5 Å². The van der Waals surface area contributed by atoms with Crippen molar-refractivity contribution in [3.63, 3.8) is 0 Å². The molecule has 1 saturated heterocycles. The number of nitrogens with one attached hydrogen (secondary N) is 1. The molecule has 0 atom stereocenters. The van der Waals surface area contributed by atoms with Gasteiger partial charge in [-0.15, -0.1) is 0 Å². The third-order valence-corrected chi connectivity index (χ3v) is 4.17. The number of morpholine rings is 1. The number of nitrogens with zero attached hydrogens (tertiary/aromatic N) is 4. The van der Waals surface area contributed by atoms with Crippen LogP contribution in [-0.2, 0) is 4.74 Å². The summed E-state index contributed by atoms with van der Waals surface area (Å²) in [5.74, 6) is 0.592. The van der Waals surface area contributed by atoms with Gasteiger partial charge in [-0.05, 0) is 29.9 Å². The highest BCUT2D eigenvalue weighted by atomic mass is 35.7. The standard InChI is InChI=1S/C11H18ClN5OS2/c1-19-10-14-9(15-11(16-10)20-12)13-3-2-4-17-5-7-18-8-6-17/h2-8H2,1H3,(H,13,14,15,16). The Morgan fingerprint density at radius 3 is 2.70 bits per heavy atom. The van der Waals surface area contributed by atoms with Gasteiger partial charge < -0.3 is 10.1 Å². The van der Waals surface area contributed by atoms with E-state index >= 15 is 0 Å². The quantitative estimate of drug-likeness (QED) is 0.599. The van der Waals surface area contributed by atoms with E-state index in [0.29, 0.717) is 16.3 Å². The molecule has 6 nitrogen and oxygen atoms in total. The summed E-state index contributed by atoms with van der Waals surface area (Å²) in [6, 6.07) is 0. The Kier molecular flexibility index (Phi) is 7.15. The number of hydrogen-bond donors (Lipinski definition) is 1. The molecule has 0 saturated carbocycles. The molecule has 0 bridgehead atoms. The monoisotopic (exact) mass is 335 g/mol. The third-order valence-electron chi connectivity index (χ3n) is 2.88. The van der Waals surface area contributed by atoms with Crippen LogP contribution in [0.25, 0.3) is 0 Å². The van der Waals surface area contributed by atoms with E-state index in [-0.39, 0.29) is 0 Å². The van der Waals surface area contributed by atoms with Crippen molar-refractivity contribution in [1.29, 1.82) is 0 Å². The maximum atomic E-state index is 5.70. The predicted molar refractivity (Wildman–Crippen MR) is 83.7 cm³/mol. The van der Waals surface area contributed by atoms with Crippen LogP contribution in [0.5, 0.6) is 0 Å². The summed E-state index contributed by atoms with van der Waals surface area (Å²) in [6.07, 6.45) is 2.98. The second kappa shape index (κ2) is 8.89. The van der Waals surface area contributed by atoms with E-state index < -0.39 is 0 Å². The van der Waals surface area contributed by atoms with Crippen LogP contribution in [0.1, 0.15) is 6.42 Å². The fourth-order valence-corrected chi connectivity index (χ4v) is 2.73. The Balaban J connectivity index is 1.75. The summed E-state index contributed by atoms with van der Waals surface area (Å²) >= 11 is 1.48. The molecule has 1 aromatic rings. The van der Waals surface area contributed by atoms with Crippen molar-refractivity contribution < 1.29 is 4.74 Å². The molecule has 112 valence electrons. The molecule has 9 heteroatoms. The zero-order chi connectivity index (χ0) is 14.2. The van der Waals surface area contributed by atoms with Crippen LogP contribution >= 0.6 is 33.4 Å². The molecule has 2 heterocycles. The van der Waals surface area contributed by atoms with E-state index in [2.05, 4.69) is 25.2 Å². The maximum Gasteiger partial charge on any atom is 0.227 e. The van der Waals surface area contributed by atoms with Crippen LogP contribution in [0.2, 0.25) is 0 Å². The highest BCUT2D eigenvalue weighted by molar-refractivity contribution is 8.21. The fourth-order valence-electron chi connectivity index (χ4n) is 1.87. The minimum atomic E-state index is 0.529. The number of hydrogen-bond acceptors (Lipinski definition) is 8. The third kappa shape index (κ3) is 5.25. The fraction of sp³-hybridized carbons (Fsp3) is 0.727. The molecule has 1 N–H and O–H groups in total. The minimum Gasteiger partial charge on any atom is -0.379 e. The van der Waals surface area contributed by atoms with Crippen LogP contribution in [0.15, 0.2) is 10.3 Å². The lowest BCUT2D eigenvalue weighted by molar-refractivity contribution is 0.0378. The average Bonchev–Trinajstić information content (AvgIpc) is 2.52. The lowest BCUT2D eigenvalue weighted by atomic mass is 10.3. The Bertz CT molecular complexity index is 398. The van der Waals surface area contributed by atoms with Gasteiger partial charge in [-0.3, -0.25) is 4.90 Å². The maximum absolute atomic E-state index is 5.70. The van der Waals surface area contributed by atoms with Crippen molar-refractivity contribution in [1.82, 2.24) is 19.9 Å². The molecular formula is C11H18ClN5OS2. The van der Waals surface area contributed by atoms with Gasteiger partial charge >= 0.3 is 0 Å². The Morgan fingerprint density at radius 2 is 2.00 bits per heavy atom. The van der Waals surface area contributed by atoms with Gasteiger partial charge in [0.2, 0.25) is 11.1 Å². The van der Waals surface area contributed by atoms with E-state index in [1.807, 2.05) is 6.26 Å². The van der Waals surface area contributed by atoms with Crippen molar-refractivity contribution >= 4 is 39.4 Å². The summed E-state index contributed by atoms with van der Waals surface area (Å²) in [6.45, 7) is 5.63. The number of halogens is 1. The highest BCUT2D eigenvalue weighted by Crippen LogP contribution is 2.21. The van der Waals surface area contributed by atoms with Crippen molar-refractivity contribution in [2.75, 3.05) is 51.0 Å². The largest absolute Gasteiger partial charge is 0.379 e. The Morgan fingerprint density at radius 1 is 1.25 bits per heavy atom. The molecule has 0 unspecified atom stereocenters. The molecule has 0 radical (unpaired) electrons. The van der Waals surface area contributed by atoms with Gasteiger partial charge in [-0.2, -0.15) is 15.0 Å². The number of anilines is 1. The SMILES string of the molecule is CSc1nc(NCCCN2CCOCC2)nc(SCl)n1. The Labute approximate surface area is 131 Å². The molecule has 1 fully saturated rings. The molecular weight excluding hydrogens is 318 g/mol. The van der Waals surface area contributed by atoms with E-state index in [1.54, 1.807) is 0 Å². The molecule has 0 aromatic carbocycles. The normalized spacial score (nSPS) is 16.3. The van der Waals surface area contributed by atoms with E-state index in [9.17, 15) is 0 Å². The first kappa shape index (κ1) is 16.1. The van der Waals surface area contributed by atoms with Gasteiger partial charge in [-0.1, -0.05) is 11.8 Å². The van der Waals surface area contributed by atoms with Crippen molar-refractivity contribution in [2.45, 2.75) is 16.7 Å². The summed E-state index contributed by atoms with van der Waals surface area (Å²) in [5, 5.41) is 4.44. The van der Waals surface area contributed by atoms with Crippen LogP contribution in [0, 0.1) is 0 Å². The van der Waals surface area contributed by atoms with Gasteiger partial charge in [0.05, 0.1) is 13.2 Å². The predicted octanol–water partition coefficient (Wildman–Crippen LogP) is 1.97. The molecule has 1 aliphatic heterocycles. The first-order valence-corrected chi connectivity index (χ1v) is 9.31.